The number of nitrogens with zero attached hydrogens (tertiary/aromatic N) is 3. The largest absolute Gasteiger partial charge is 0.464 e. The highest BCUT2D eigenvalue weighted by Crippen LogP contribution is 2.63. The third-order valence-corrected chi connectivity index (χ3v) is 4.41. The molecule has 106 valence electrons. The van der Waals surface area contributed by atoms with E-state index in [1.54, 1.807) is 7.05 Å². The third kappa shape index (κ3) is 2.31. The molecule has 6 heteroatoms. The van der Waals surface area contributed by atoms with Crippen molar-refractivity contribution in [1.29, 1.82) is 0 Å². The molecule has 0 amide bonds. The number of aromatic nitrogens is 3. The molecule has 1 fully saturated rings. The first-order valence-corrected chi connectivity index (χ1v) is 6.66. The van der Waals surface area contributed by atoms with Crippen LogP contribution < -0.4 is 15.4 Å². The van der Waals surface area contributed by atoms with Crippen molar-refractivity contribution >= 4 is 11.9 Å². The molecule has 6 nitrogen and oxygen atoms in total. The number of rotatable bonds is 5. The highest BCUT2D eigenvalue weighted by atomic mass is 16.5. The second kappa shape index (κ2) is 4.51. The minimum Gasteiger partial charge on any atom is -0.464 e. The van der Waals surface area contributed by atoms with Crippen LogP contribution in [0.3, 0.4) is 0 Å². The van der Waals surface area contributed by atoms with E-state index < -0.39 is 0 Å². The van der Waals surface area contributed by atoms with E-state index in [1.165, 1.54) is 0 Å². The summed E-state index contributed by atoms with van der Waals surface area (Å²) in [6, 6.07) is 0.696. The molecule has 0 unspecified atom stereocenters. The van der Waals surface area contributed by atoms with Crippen LogP contribution in [0, 0.1) is 10.8 Å². The van der Waals surface area contributed by atoms with Crippen LogP contribution in [-0.4, -0.2) is 34.6 Å². The van der Waals surface area contributed by atoms with E-state index in [1.807, 2.05) is 6.92 Å². The van der Waals surface area contributed by atoms with E-state index >= 15 is 0 Å². The van der Waals surface area contributed by atoms with Crippen LogP contribution in [0.25, 0.3) is 0 Å². The van der Waals surface area contributed by atoms with Crippen LogP contribution in [0.4, 0.5) is 11.9 Å². The van der Waals surface area contributed by atoms with Gasteiger partial charge < -0.3 is 15.4 Å². The van der Waals surface area contributed by atoms with Gasteiger partial charge in [-0.3, -0.25) is 0 Å². The molecule has 0 spiro atoms. The molecule has 1 aromatic heterocycles. The number of hydrogen-bond acceptors (Lipinski definition) is 6. The van der Waals surface area contributed by atoms with Crippen molar-refractivity contribution in [3.63, 3.8) is 0 Å². The maximum atomic E-state index is 5.35. The Kier molecular flexibility index (Phi) is 3.28. The minimum absolute atomic E-state index is 0.227. The Bertz CT molecular complexity index is 458. The second-order valence-corrected chi connectivity index (χ2v) is 5.97. The second-order valence-electron chi connectivity index (χ2n) is 5.97. The van der Waals surface area contributed by atoms with Crippen LogP contribution in [0.2, 0.25) is 0 Å². The van der Waals surface area contributed by atoms with Gasteiger partial charge in [-0.15, -0.1) is 0 Å². The average molecular weight is 265 g/mol. The van der Waals surface area contributed by atoms with Gasteiger partial charge in [-0.05, 0) is 17.8 Å². The smallest absolute Gasteiger partial charge is 0.323 e. The molecule has 2 N–H and O–H groups in total. The first-order chi connectivity index (χ1) is 8.82. The Hall–Kier alpha value is -1.59. The predicted octanol–water partition coefficient (Wildman–Crippen LogP) is 2.16. The van der Waals surface area contributed by atoms with Gasteiger partial charge in [-0.2, -0.15) is 15.0 Å². The fourth-order valence-electron chi connectivity index (χ4n) is 2.41. The molecule has 0 atom stereocenters. The number of anilines is 2. The van der Waals surface area contributed by atoms with Crippen molar-refractivity contribution in [3.05, 3.63) is 0 Å². The summed E-state index contributed by atoms with van der Waals surface area (Å²) in [5.74, 6) is 1.07. The van der Waals surface area contributed by atoms with Crippen molar-refractivity contribution in [2.75, 3.05) is 24.3 Å². The fraction of sp³-hybridized carbons (Fsp3) is 0.769. The van der Waals surface area contributed by atoms with Gasteiger partial charge in [0.2, 0.25) is 11.9 Å². The van der Waals surface area contributed by atoms with E-state index in [2.05, 4.69) is 53.3 Å². The molecular formula is C13H23N5O. The Morgan fingerprint density at radius 2 is 1.63 bits per heavy atom. The van der Waals surface area contributed by atoms with E-state index in [0.717, 1.165) is 0 Å². The van der Waals surface area contributed by atoms with Crippen LogP contribution in [0.5, 0.6) is 6.01 Å². The standard InChI is InChI=1S/C13H23N5O/c1-7-19-11-17-9(14-6)16-10(18-11)15-8-12(2,3)13(8,4)5/h8H,7H2,1-6H3,(H2,14,15,16,17,18). The number of ether oxygens (including phenoxy) is 1. The summed E-state index contributed by atoms with van der Waals surface area (Å²) in [6.07, 6.45) is 0. The van der Waals surface area contributed by atoms with E-state index in [4.69, 9.17) is 4.74 Å². The zero-order valence-electron chi connectivity index (χ0n) is 12.5. The highest BCUT2D eigenvalue weighted by Gasteiger charge is 2.65. The zero-order chi connectivity index (χ0) is 14.3. The summed E-state index contributed by atoms with van der Waals surface area (Å²) in [4.78, 5) is 12.8. The van der Waals surface area contributed by atoms with E-state index in [-0.39, 0.29) is 10.8 Å². The van der Waals surface area contributed by atoms with E-state index in [9.17, 15) is 0 Å². The Morgan fingerprint density at radius 1 is 1.05 bits per heavy atom. The van der Waals surface area contributed by atoms with Gasteiger partial charge in [0, 0.05) is 13.1 Å². The van der Waals surface area contributed by atoms with Crippen LogP contribution in [-0.2, 0) is 0 Å². The molecule has 1 aliphatic rings. The molecule has 0 bridgehead atoms. The van der Waals surface area contributed by atoms with Gasteiger partial charge in [0.1, 0.15) is 0 Å². The zero-order valence-corrected chi connectivity index (χ0v) is 12.5. The number of hydrogen-bond donors (Lipinski definition) is 2. The topological polar surface area (TPSA) is 72.0 Å². The molecule has 19 heavy (non-hydrogen) atoms. The van der Waals surface area contributed by atoms with Gasteiger partial charge in [0.25, 0.3) is 0 Å². The van der Waals surface area contributed by atoms with Gasteiger partial charge >= 0.3 is 6.01 Å². The molecule has 0 radical (unpaired) electrons. The van der Waals surface area contributed by atoms with Crippen molar-refractivity contribution in [2.45, 2.75) is 40.7 Å². The Labute approximate surface area is 114 Å². The first-order valence-electron chi connectivity index (χ1n) is 6.66. The van der Waals surface area contributed by atoms with Crippen LogP contribution in [0.15, 0.2) is 0 Å². The molecule has 1 aromatic rings. The van der Waals surface area contributed by atoms with Crippen molar-refractivity contribution in [2.24, 2.45) is 10.8 Å². The molecule has 1 saturated carbocycles. The van der Waals surface area contributed by atoms with Crippen LogP contribution >= 0.6 is 0 Å². The summed E-state index contributed by atoms with van der Waals surface area (Å²) in [5.41, 5.74) is 0.455. The lowest BCUT2D eigenvalue weighted by atomic mass is 10.0. The minimum atomic E-state index is 0.227. The molecule has 2 rings (SSSR count). The monoisotopic (exact) mass is 265 g/mol. The van der Waals surface area contributed by atoms with E-state index in [0.29, 0.717) is 30.6 Å². The molecule has 0 saturated heterocycles. The summed E-state index contributed by atoms with van der Waals surface area (Å²) in [7, 11) is 1.78. The summed E-state index contributed by atoms with van der Waals surface area (Å²) in [5, 5.41) is 6.31. The maximum absolute atomic E-state index is 5.35. The van der Waals surface area contributed by atoms with Crippen molar-refractivity contribution in [1.82, 2.24) is 15.0 Å². The van der Waals surface area contributed by atoms with Gasteiger partial charge in [-0.1, -0.05) is 27.7 Å². The quantitative estimate of drug-likeness (QED) is 0.850. The molecule has 0 aliphatic heterocycles. The third-order valence-electron chi connectivity index (χ3n) is 4.41. The Morgan fingerprint density at radius 3 is 2.11 bits per heavy atom. The summed E-state index contributed by atoms with van der Waals surface area (Å²) in [6.45, 7) is 11.4. The van der Waals surface area contributed by atoms with Gasteiger partial charge in [-0.25, -0.2) is 0 Å². The van der Waals surface area contributed by atoms with Crippen LogP contribution in [0.1, 0.15) is 34.6 Å². The highest BCUT2D eigenvalue weighted by molar-refractivity contribution is 5.41. The van der Waals surface area contributed by atoms with Gasteiger partial charge in [0.15, 0.2) is 0 Å². The lowest BCUT2D eigenvalue weighted by Gasteiger charge is -2.09. The summed E-state index contributed by atoms with van der Waals surface area (Å²) < 4.78 is 5.35. The molecule has 1 heterocycles. The fourth-order valence-corrected chi connectivity index (χ4v) is 2.41. The van der Waals surface area contributed by atoms with Gasteiger partial charge in [0.05, 0.1) is 6.61 Å². The molecule has 1 aliphatic carbocycles. The SMILES string of the molecule is CCOc1nc(NC)nc(NC2C(C)(C)C2(C)C)n1. The normalized spacial score (nSPS) is 19.9. The molecular weight excluding hydrogens is 242 g/mol. The Balaban J connectivity index is 2.19. The number of nitrogens with one attached hydrogen (secondary N) is 2. The predicted molar refractivity (Wildman–Crippen MR) is 75.5 cm³/mol. The first kappa shape index (κ1) is 13.8. The van der Waals surface area contributed by atoms with Crippen molar-refractivity contribution < 1.29 is 4.74 Å². The lowest BCUT2D eigenvalue weighted by molar-refractivity contribution is 0.312. The summed E-state index contributed by atoms with van der Waals surface area (Å²) >= 11 is 0. The van der Waals surface area contributed by atoms with Crippen molar-refractivity contribution in [3.8, 4) is 6.01 Å². The molecule has 0 aromatic carbocycles. The maximum Gasteiger partial charge on any atom is 0.323 e. The lowest BCUT2D eigenvalue weighted by Crippen LogP contribution is -2.15. The average Bonchev–Trinajstić information content (AvgIpc) is 2.72.